The van der Waals surface area contributed by atoms with Gasteiger partial charge in [-0.1, -0.05) is 51.8 Å². The molecule has 0 aromatic heterocycles. The van der Waals surface area contributed by atoms with E-state index < -0.39 is 0 Å². The van der Waals surface area contributed by atoms with Gasteiger partial charge in [0.2, 0.25) is 0 Å². The molecule has 0 radical (unpaired) electrons. The maximum atomic E-state index is 6.01. The largest absolute Gasteiger partial charge is 0.496 e. The third-order valence-corrected chi connectivity index (χ3v) is 4.17. The highest BCUT2D eigenvalue weighted by atomic mass is 79.9. The standard InChI is InChI=1S/C16H16BrClO/c1-11-8-13(6-7-16(11)19-2)15(17)10-12-4-3-5-14(18)9-12/h3-9,15H,10H2,1-2H3. The molecule has 19 heavy (non-hydrogen) atoms. The fourth-order valence-electron chi connectivity index (χ4n) is 2.09. The van der Waals surface area contributed by atoms with Crippen LogP contribution in [0.1, 0.15) is 21.5 Å². The lowest BCUT2D eigenvalue weighted by Crippen LogP contribution is -1.97. The fraction of sp³-hybridized carbons (Fsp3) is 0.250. The molecule has 0 bridgehead atoms. The molecule has 0 amide bonds. The molecule has 0 aliphatic carbocycles. The molecular formula is C16H16BrClO. The van der Waals surface area contributed by atoms with Crippen LogP contribution in [-0.2, 0) is 6.42 Å². The second kappa shape index (κ2) is 6.44. The van der Waals surface area contributed by atoms with Crippen LogP contribution in [0.25, 0.3) is 0 Å². The maximum absolute atomic E-state index is 6.01. The van der Waals surface area contributed by atoms with E-state index in [1.807, 2.05) is 24.3 Å². The Morgan fingerprint density at radius 3 is 2.63 bits per heavy atom. The van der Waals surface area contributed by atoms with Crippen molar-refractivity contribution >= 4 is 27.5 Å². The zero-order valence-electron chi connectivity index (χ0n) is 11.0. The van der Waals surface area contributed by atoms with Gasteiger partial charge in [-0.15, -0.1) is 0 Å². The lowest BCUT2D eigenvalue weighted by Gasteiger charge is -2.13. The highest BCUT2D eigenvalue weighted by Crippen LogP contribution is 2.30. The van der Waals surface area contributed by atoms with Gasteiger partial charge in [0.25, 0.3) is 0 Å². The SMILES string of the molecule is COc1ccc(C(Br)Cc2cccc(Cl)c2)cc1C. The van der Waals surface area contributed by atoms with Gasteiger partial charge in [-0.2, -0.15) is 0 Å². The fourth-order valence-corrected chi connectivity index (χ4v) is 2.96. The second-order valence-corrected chi connectivity index (χ2v) is 6.07. The number of aryl methyl sites for hydroxylation is 1. The molecule has 0 aliphatic rings. The Labute approximate surface area is 127 Å². The Kier molecular flexibility index (Phi) is 4.89. The third-order valence-electron chi connectivity index (χ3n) is 3.08. The Morgan fingerprint density at radius 2 is 2.00 bits per heavy atom. The smallest absolute Gasteiger partial charge is 0.121 e. The molecule has 0 N–H and O–H groups in total. The average molecular weight is 340 g/mol. The lowest BCUT2D eigenvalue weighted by molar-refractivity contribution is 0.411. The van der Waals surface area contributed by atoms with E-state index in [9.17, 15) is 0 Å². The number of ether oxygens (including phenoxy) is 1. The summed E-state index contributed by atoms with van der Waals surface area (Å²) in [5.41, 5.74) is 3.62. The monoisotopic (exact) mass is 338 g/mol. The van der Waals surface area contributed by atoms with Crippen LogP contribution in [0.2, 0.25) is 5.02 Å². The van der Waals surface area contributed by atoms with E-state index in [1.54, 1.807) is 7.11 Å². The molecule has 0 heterocycles. The summed E-state index contributed by atoms with van der Waals surface area (Å²) in [7, 11) is 1.69. The molecule has 1 nitrogen and oxygen atoms in total. The van der Waals surface area contributed by atoms with Crippen LogP contribution in [-0.4, -0.2) is 7.11 Å². The van der Waals surface area contributed by atoms with E-state index in [1.165, 1.54) is 11.1 Å². The van der Waals surface area contributed by atoms with Gasteiger partial charge >= 0.3 is 0 Å². The molecule has 0 aliphatic heterocycles. The second-order valence-electron chi connectivity index (χ2n) is 4.53. The van der Waals surface area contributed by atoms with Gasteiger partial charge in [-0.05, 0) is 48.2 Å². The van der Waals surface area contributed by atoms with Crippen molar-refractivity contribution in [2.75, 3.05) is 7.11 Å². The Morgan fingerprint density at radius 1 is 1.21 bits per heavy atom. The van der Waals surface area contributed by atoms with E-state index in [4.69, 9.17) is 16.3 Å². The molecule has 1 atom stereocenters. The van der Waals surface area contributed by atoms with Crippen LogP contribution < -0.4 is 4.74 Å². The first-order valence-corrected chi connectivity index (χ1v) is 7.42. The predicted octanol–water partition coefficient (Wildman–Crippen LogP) is 5.34. The zero-order valence-corrected chi connectivity index (χ0v) is 13.3. The number of hydrogen-bond acceptors (Lipinski definition) is 1. The minimum absolute atomic E-state index is 0.274. The molecule has 1 unspecified atom stereocenters. The van der Waals surface area contributed by atoms with Gasteiger partial charge in [0.1, 0.15) is 5.75 Å². The van der Waals surface area contributed by atoms with Crippen molar-refractivity contribution in [2.45, 2.75) is 18.2 Å². The summed E-state index contributed by atoms with van der Waals surface area (Å²) < 4.78 is 5.28. The summed E-state index contributed by atoms with van der Waals surface area (Å²) in [5, 5.41) is 0.781. The van der Waals surface area contributed by atoms with Crippen LogP contribution in [0.3, 0.4) is 0 Å². The number of alkyl halides is 1. The van der Waals surface area contributed by atoms with Gasteiger partial charge in [0.15, 0.2) is 0 Å². The molecule has 3 heteroatoms. The topological polar surface area (TPSA) is 9.23 Å². The van der Waals surface area contributed by atoms with Crippen LogP contribution in [0.5, 0.6) is 5.75 Å². The van der Waals surface area contributed by atoms with Crippen molar-refractivity contribution in [3.63, 3.8) is 0 Å². The molecular weight excluding hydrogens is 324 g/mol. The zero-order chi connectivity index (χ0) is 13.8. The van der Waals surface area contributed by atoms with Crippen LogP contribution in [0.4, 0.5) is 0 Å². The molecule has 2 aromatic rings. The van der Waals surface area contributed by atoms with Gasteiger partial charge in [0.05, 0.1) is 7.11 Å². The van der Waals surface area contributed by atoms with E-state index in [0.717, 1.165) is 22.8 Å². The molecule has 0 saturated heterocycles. The van der Waals surface area contributed by atoms with Crippen molar-refractivity contribution in [3.05, 3.63) is 64.2 Å². The summed E-state index contributed by atoms with van der Waals surface area (Å²) in [6, 6.07) is 14.2. The summed E-state index contributed by atoms with van der Waals surface area (Å²) in [6.45, 7) is 2.06. The number of halogens is 2. The highest BCUT2D eigenvalue weighted by molar-refractivity contribution is 9.09. The van der Waals surface area contributed by atoms with Crippen molar-refractivity contribution < 1.29 is 4.74 Å². The predicted molar refractivity (Wildman–Crippen MR) is 84.6 cm³/mol. The molecule has 2 rings (SSSR count). The summed E-state index contributed by atoms with van der Waals surface area (Å²) in [6.07, 6.45) is 0.909. The van der Waals surface area contributed by atoms with E-state index in [-0.39, 0.29) is 4.83 Å². The van der Waals surface area contributed by atoms with Crippen LogP contribution in [0, 0.1) is 6.92 Å². The highest BCUT2D eigenvalue weighted by Gasteiger charge is 2.10. The van der Waals surface area contributed by atoms with Gasteiger partial charge in [-0.3, -0.25) is 0 Å². The molecule has 0 fully saturated rings. The summed E-state index contributed by atoms with van der Waals surface area (Å²) >= 11 is 9.75. The average Bonchev–Trinajstić information content (AvgIpc) is 2.38. The van der Waals surface area contributed by atoms with E-state index >= 15 is 0 Å². The first kappa shape index (κ1) is 14.4. The van der Waals surface area contributed by atoms with Crippen LogP contribution in [0.15, 0.2) is 42.5 Å². The minimum atomic E-state index is 0.274. The minimum Gasteiger partial charge on any atom is -0.496 e. The first-order chi connectivity index (χ1) is 9.10. The van der Waals surface area contributed by atoms with Crippen molar-refractivity contribution in [3.8, 4) is 5.75 Å². The number of rotatable bonds is 4. The Balaban J connectivity index is 2.15. The van der Waals surface area contributed by atoms with Crippen LogP contribution >= 0.6 is 27.5 Å². The van der Waals surface area contributed by atoms with Gasteiger partial charge < -0.3 is 4.74 Å². The van der Waals surface area contributed by atoms with Gasteiger partial charge in [-0.25, -0.2) is 0 Å². The van der Waals surface area contributed by atoms with E-state index in [2.05, 4.69) is 41.1 Å². The number of hydrogen-bond donors (Lipinski definition) is 0. The summed E-state index contributed by atoms with van der Waals surface area (Å²) in [5.74, 6) is 0.922. The molecule has 2 aromatic carbocycles. The molecule has 0 saturated carbocycles. The summed E-state index contributed by atoms with van der Waals surface area (Å²) in [4.78, 5) is 0.274. The Hall–Kier alpha value is -0.990. The molecule has 0 spiro atoms. The lowest BCUT2D eigenvalue weighted by atomic mass is 10.0. The number of methoxy groups -OCH3 is 1. The van der Waals surface area contributed by atoms with Crippen molar-refractivity contribution in [1.29, 1.82) is 0 Å². The van der Waals surface area contributed by atoms with Crippen molar-refractivity contribution in [1.82, 2.24) is 0 Å². The normalized spacial score (nSPS) is 12.2. The molecule has 100 valence electrons. The van der Waals surface area contributed by atoms with Gasteiger partial charge in [0, 0.05) is 9.85 Å². The van der Waals surface area contributed by atoms with Crippen molar-refractivity contribution in [2.24, 2.45) is 0 Å². The quantitative estimate of drug-likeness (QED) is 0.684. The van der Waals surface area contributed by atoms with E-state index in [0.29, 0.717) is 0 Å². The Bertz CT molecular complexity index is 568. The maximum Gasteiger partial charge on any atom is 0.121 e. The first-order valence-electron chi connectivity index (χ1n) is 6.13. The third kappa shape index (κ3) is 3.74. The number of benzene rings is 2.